The molecule has 0 aromatic rings. The van der Waals surface area contributed by atoms with Crippen molar-refractivity contribution >= 4 is 29.1 Å². The van der Waals surface area contributed by atoms with Crippen LogP contribution in [0.5, 0.6) is 0 Å². The van der Waals surface area contributed by atoms with E-state index in [2.05, 4.69) is 30.3 Å². The van der Waals surface area contributed by atoms with E-state index in [1.807, 2.05) is 11.8 Å². The van der Waals surface area contributed by atoms with E-state index in [0.717, 1.165) is 32.2 Å². The van der Waals surface area contributed by atoms with Gasteiger partial charge in [-0.25, -0.2) is 0 Å². The van der Waals surface area contributed by atoms with Crippen LogP contribution in [0.25, 0.3) is 0 Å². The predicted molar refractivity (Wildman–Crippen MR) is 99.0 cm³/mol. The molecule has 1 amide bonds. The maximum atomic E-state index is 13.0. The van der Waals surface area contributed by atoms with Crippen LogP contribution in [0.3, 0.4) is 0 Å². The van der Waals surface area contributed by atoms with Crippen molar-refractivity contribution in [1.82, 2.24) is 10.2 Å². The van der Waals surface area contributed by atoms with E-state index in [9.17, 15) is 4.79 Å². The molecule has 3 nitrogen and oxygen atoms in total. The number of carbonyl (C=O) groups excluding carboxylic acids is 1. The molecule has 4 unspecified atom stereocenters. The van der Waals surface area contributed by atoms with Crippen molar-refractivity contribution < 1.29 is 4.79 Å². The zero-order valence-electron chi connectivity index (χ0n) is 14.4. The summed E-state index contributed by atoms with van der Waals surface area (Å²) in [5.41, 5.74) is -0.671. The molecular weight excluding hydrogens is 343 g/mol. The molecule has 0 bridgehead atoms. The number of halogens is 2. The zero-order valence-corrected chi connectivity index (χ0v) is 15.9. The van der Waals surface area contributed by atoms with Crippen molar-refractivity contribution in [3.63, 3.8) is 0 Å². The van der Waals surface area contributed by atoms with E-state index in [1.54, 1.807) is 0 Å². The fraction of sp³-hybridized carbons (Fsp3) is 0.737. The number of allylic oxidation sites excluding steroid dienone is 1. The number of carbonyl (C=O) groups is 1. The number of alkyl halides is 2. The highest BCUT2D eigenvalue weighted by atomic mass is 35.5. The molecule has 0 radical (unpaired) electrons. The molecule has 0 spiro atoms. The van der Waals surface area contributed by atoms with Gasteiger partial charge < -0.3 is 4.90 Å². The molecule has 1 N–H and O–H groups in total. The van der Waals surface area contributed by atoms with Gasteiger partial charge in [0, 0.05) is 12.6 Å². The van der Waals surface area contributed by atoms with Crippen molar-refractivity contribution in [2.75, 3.05) is 6.54 Å². The molecule has 1 aliphatic heterocycles. The summed E-state index contributed by atoms with van der Waals surface area (Å²) in [6, 6.07) is 0.148. The number of nitrogens with one attached hydrogen (secondary N) is 1. The lowest BCUT2D eigenvalue weighted by Gasteiger charge is -2.35. The van der Waals surface area contributed by atoms with Gasteiger partial charge in [0.15, 0.2) is 0 Å². The van der Waals surface area contributed by atoms with Crippen LogP contribution in [-0.2, 0) is 4.79 Å². The summed E-state index contributed by atoms with van der Waals surface area (Å²) in [7, 11) is 0. The lowest BCUT2D eigenvalue weighted by atomic mass is 9.90. The normalized spacial score (nSPS) is 38.6. The van der Waals surface area contributed by atoms with E-state index in [1.165, 1.54) is 0 Å². The van der Waals surface area contributed by atoms with Crippen molar-refractivity contribution in [3.8, 4) is 12.3 Å². The van der Waals surface area contributed by atoms with E-state index in [0.29, 0.717) is 12.3 Å². The average molecular weight is 369 g/mol. The smallest absolute Gasteiger partial charge is 0.232 e. The molecular formula is C19H26Cl2N2O. The van der Waals surface area contributed by atoms with Gasteiger partial charge in [0.2, 0.25) is 5.91 Å². The molecule has 5 atom stereocenters. The first-order chi connectivity index (χ1) is 11.3. The Kier molecular flexibility index (Phi) is 4.95. The second-order valence-electron chi connectivity index (χ2n) is 7.74. The van der Waals surface area contributed by atoms with Gasteiger partial charge in [-0.1, -0.05) is 25.0 Å². The topological polar surface area (TPSA) is 32.3 Å². The van der Waals surface area contributed by atoms with Crippen molar-refractivity contribution in [3.05, 3.63) is 12.2 Å². The Morgan fingerprint density at radius 1 is 1.46 bits per heavy atom. The van der Waals surface area contributed by atoms with Crippen LogP contribution in [0, 0.1) is 23.7 Å². The largest absolute Gasteiger partial charge is 0.337 e. The van der Waals surface area contributed by atoms with Crippen LogP contribution in [0.1, 0.15) is 46.0 Å². The minimum atomic E-state index is -0.934. The third-order valence-corrected chi connectivity index (χ3v) is 7.07. The van der Waals surface area contributed by atoms with Crippen LogP contribution in [0.15, 0.2) is 12.2 Å². The molecule has 2 aliphatic carbocycles. The summed E-state index contributed by atoms with van der Waals surface area (Å²) < 4.78 is -0.934. The number of terminal acetylenes is 1. The molecule has 1 heterocycles. The summed E-state index contributed by atoms with van der Waals surface area (Å²) >= 11 is 12.4. The third-order valence-electron chi connectivity index (χ3n) is 5.97. The average Bonchev–Trinajstić information content (AvgIpc) is 2.91. The summed E-state index contributed by atoms with van der Waals surface area (Å²) in [6.07, 6.45) is 15.0. The van der Waals surface area contributed by atoms with Gasteiger partial charge in [0.25, 0.3) is 0 Å². The van der Waals surface area contributed by atoms with Crippen molar-refractivity contribution in [2.45, 2.75) is 68.4 Å². The third kappa shape index (κ3) is 3.09. The number of rotatable bonds is 4. The van der Waals surface area contributed by atoms with Crippen LogP contribution in [-0.4, -0.2) is 39.8 Å². The van der Waals surface area contributed by atoms with Gasteiger partial charge in [-0.15, -0.1) is 29.6 Å². The fourth-order valence-electron chi connectivity index (χ4n) is 4.01. The number of nitrogens with zero attached hydrogens (tertiary/aromatic N) is 1. The van der Waals surface area contributed by atoms with Gasteiger partial charge in [-0.2, -0.15) is 0 Å². The number of hydrogen-bond donors (Lipinski definition) is 1. The standard InChI is InChI=1S/C19H26Cl2N2O/c1-4-14(22-15-9-6-5-8-13(15)2)16-10-7-11-23(16)17(24)18(3)12-19(18,20)21/h1,6,9,13-16,22H,5,7-8,10-12H2,2-3H3/t13?,14?,15?,16-,18?/m0/s1. The molecule has 1 saturated carbocycles. The first-order valence-electron chi connectivity index (χ1n) is 8.88. The van der Waals surface area contributed by atoms with Gasteiger partial charge >= 0.3 is 0 Å². The Morgan fingerprint density at radius 2 is 2.17 bits per heavy atom. The Hall–Kier alpha value is -0.690. The Balaban J connectivity index is 1.72. The maximum Gasteiger partial charge on any atom is 0.232 e. The fourth-order valence-corrected chi connectivity index (χ4v) is 4.70. The zero-order chi connectivity index (χ0) is 17.5. The Morgan fingerprint density at radius 3 is 2.75 bits per heavy atom. The van der Waals surface area contributed by atoms with Crippen molar-refractivity contribution in [2.24, 2.45) is 11.3 Å². The lowest BCUT2D eigenvalue weighted by Crippen LogP contribution is -2.54. The monoisotopic (exact) mass is 368 g/mol. The van der Waals surface area contributed by atoms with Gasteiger partial charge in [-0.3, -0.25) is 10.1 Å². The molecule has 0 aromatic carbocycles. The highest BCUT2D eigenvalue weighted by Crippen LogP contribution is 2.64. The second kappa shape index (κ2) is 6.56. The lowest BCUT2D eigenvalue weighted by molar-refractivity contribution is -0.137. The quantitative estimate of drug-likeness (QED) is 0.467. The number of likely N-dealkylation sites (tertiary alicyclic amines) is 1. The number of hydrogen-bond acceptors (Lipinski definition) is 2. The predicted octanol–water partition coefficient (Wildman–Crippen LogP) is 3.51. The van der Waals surface area contributed by atoms with Crippen LogP contribution >= 0.6 is 23.2 Å². The molecule has 1 saturated heterocycles. The van der Waals surface area contributed by atoms with E-state index < -0.39 is 9.75 Å². The van der Waals surface area contributed by atoms with E-state index in [4.69, 9.17) is 29.6 Å². The highest BCUT2D eigenvalue weighted by molar-refractivity contribution is 6.53. The molecule has 0 aromatic heterocycles. The Labute approximate surface area is 155 Å². The second-order valence-corrected chi connectivity index (χ2v) is 9.22. The maximum absolute atomic E-state index is 13.0. The van der Waals surface area contributed by atoms with E-state index >= 15 is 0 Å². The van der Waals surface area contributed by atoms with Crippen molar-refractivity contribution in [1.29, 1.82) is 0 Å². The highest BCUT2D eigenvalue weighted by Gasteiger charge is 2.69. The molecule has 24 heavy (non-hydrogen) atoms. The molecule has 3 aliphatic rings. The SMILES string of the molecule is C#CC(NC1C=CCCC1C)[C@@H]1CCCN1C(=O)C1(C)CC1(Cl)Cl. The van der Waals surface area contributed by atoms with Gasteiger partial charge in [0.1, 0.15) is 4.33 Å². The molecule has 132 valence electrons. The molecule has 2 fully saturated rings. The molecule has 5 heteroatoms. The van der Waals surface area contributed by atoms with Gasteiger partial charge in [0.05, 0.1) is 17.5 Å². The summed E-state index contributed by atoms with van der Waals surface area (Å²) in [5.74, 6) is 3.48. The van der Waals surface area contributed by atoms with Crippen LogP contribution in [0.4, 0.5) is 0 Å². The van der Waals surface area contributed by atoms with Crippen LogP contribution < -0.4 is 5.32 Å². The van der Waals surface area contributed by atoms with Crippen LogP contribution in [0.2, 0.25) is 0 Å². The summed E-state index contributed by atoms with van der Waals surface area (Å²) in [5, 5.41) is 3.59. The van der Waals surface area contributed by atoms with Gasteiger partial charge in [-0.05, 0) is 44.9 Å². The Bertz CT molecular complexity index is 582. The van der Waals surface area contributed by atoms with E-state index in [-0.39, 0.29) is 24.0 Å². The minimum absolute atomic E-state index is 0.0200. The molecule has 3 rings (SSSR count). The first-order valence-corrected chi connectivity index (χ1v) is 9.63. The number of amides is 1. The summed E-state index contributed by atoms with van der Waals surface area (Å²) in [4.78, 5) is 14.9. The summed E-state index contributed by atoms with van der Waals surface area (Å²) in [6.45, 7) is 4.83. The first kappa shape index (κ1) is 18.1. The minimum Gasteiger partial charge on any atom is -0.337 e.